The van der Waals surface area contributed by atoms with Crippen LogP contribution < -0.4 is 15.5 Å². The van der Waals surface area contributed by atoms with Crippen molar-refractivity contribution < 1.29 is 4.21 Å². The van der Waals surface area contributed by atoms with Crippen molar-refractivity contribution >= 4 is 28.1 Å². The highest BCUT2D eigenvalue weighted by molar-refractivity contribution is 7.84. The van der Waals surface area contributed by atoms with Gasteiger partial charge >= 0.3 is 0 Å². The average molecular weight is 360 g/mol. The topological polar surface area (TPSA) is 83.0 Å². The molecule has 0 saturated heterocycles. The molecule has 7 nitrogen and oxygen atoms in total. The van der Waals surface area contributed by atoms with Crippen molar-refractivity contribution in [1.29, 1.82) is 0 Å². The second-order valence-corrected chi connectivity index (χ2v) is 7.44. The van der Waals surface area contributed by atoms with Gasteiger partial charge in [0.25, 0.3) is 0 Å². The van der Waals surface area contributed by atoms with Crippen LogP contribution in [-0.4, -0.2) is 38.1 Å². The number of nitrogens with one attached hydrogen (secondary N) is 2. The van der Waals surface area contributed by atoms with E-state index in [4.69, 9.17) is 0 Å². The lowest BCUT2D eigenvalue weighted by Crippen LogP contribution is -2.23. The predicted octanol–water partition coefficient (Wildman–Crippen LogP) is 2.52. The average Bonchev–Trinajstić information content (AvgIpc) is 3.00. The molecule has 0 saturated carbocycles. The highest BCUT2D eigenvalue weighted by atomic mass is 32.2. The minimum absolute atomic E-state index is 0.396. The van der Waals surface area contributed by atoms with Crippen LogP contribution in [0.3, 0.4) is 0 Å². The Labute approximate surface area is 150 Å². The smallest absolute Gasteiger partial charge is 0.222 e. The van der Waals surface area contributed by atoms with Gasteiger partial charge in [-0.3, -0.25) is 9.19 Å². The molecule has 3 heterocycles. The first-order chi connectivity index (χ1) is 12.1. The molecular weight excluding hydrogens is 336 g/mol. The first kappa shape index (κ1) is 17.6. The monoisotopic (exact) mass is 360 g/mol. The number of hydrogen-bond donors (Lipinski definition) is 2. The van der Waals surface area contributed by atoms with Crippen molar-refractivity contribution in [3.05, 3.63) is 29.6 Å². The summed E-state index contributed by atoms with van der Waals surface area (Å²) < 4.78 is 12.4. The second-order valence-electron chi connectivity index (χ2n) is 5.97. The molecule has 3 rings (SSSR count). The summed E-state index contributed by atoms with van der Waals surface area (Å²) in [6, 6.07) is 4.08. The van der Waals surface area contributed by atoms with Crippen LogP contribution in [0.4, 0.5) is 17.3 Å². The van der Waals surface area contributed by atoms with Crippen molar-refractivity contribution in [3.8, 4) is 0 Å². The first-order valence-electron chi connectivity index (χ1n) is 8.57. The van der Waals surface area contributed by atoms with Gasteiger partial charge < -0.3 is 15.5 Å². The normalized spacial score (nSPS) is 14.1. The summed E-state index contributed by atoms with van der Waals surface area (Å²) in [7, 11) is -1.18. The molecule has 134 valence electrons. The number of aromatic nitrogens is 3. The number of pyridine rings is 1. The second kappa shape index (κ2) is 7.77. The van der Waals surface area contributed by atoms with Crippen LogP contribution in [0.1, 0.15) is 31.5 Å². The van der Waals surface area contributed by atoms with E-state index in [9.17, 15) is 4.21 Å². The Hall–Kier alpha value is -2.22. The Bertz CT molecular complexity index is 764. The first-order valence-corrected chi connectivity index (χ1v) is 9.88. The van der Waals surface area contributed by atoms with E-state index in [1.807, 2.05) is 33.0 Å². The zero-order valence-electron chi connectivity index (χ0n) is 14.9. The molecule has 0 aromatic carbocycles. The lowest BCUT2D eigenvalue weighted by molar-refractivity contribution is 0.674. The summed E-state index contributed by atoms with van der Waals surface area (Å²) >= 11 is 0. The van der Waals surface area contributed by atoms with Gasteiger partial charge in [0, 0.05) is 30.7 Å². The summed E-state index contributed by atoms with van der Waals surface area (Å²) in [5, 5.41) is 7.00. The molecule has 0 fully saturated rings. The fraction of sp³-hybridized carbons (Fsp3) is 0.471. The minimum Gasteiger partial charge on any atom is -0.368 e. The zero-order chi connectivity index (χ0) is 17.8. The van der Waals surface area contributed by atoms with Crippen molar-refractivity contribution in [3.63, 3.8) is 0 Å². The zero-order valence-corrected chi connectivity index (χ0v) is 15.7. The maximum Gasteiger partial charge on any atom is 0.222 e. The summed E-state index contributed by atoms with van der Waals surface area (Å²) in [6.07, 6.45) is 2.72. The summed E-state index contributed by atoms with van der Waals surface area (Å²) in [4.78, 5) is 15.6. The van der Waals surface area contributed by atoms with Gasteiger partial charge in [-0.1, -0.05) is 13.0 Å². The van der Waals surface area contributed by atoms with Gasteiger partial charge in [0.1, 0.15) is 5.69 Å². The lowest BCUT2D eigenvalue weighted by atomic mass is 10.2. The number of aryl methyl sites for hydroxylation is 1. The predicted molar refractivity (Wildman–Crippen MR) is 101 cm³/mol. The molecule has 0 bridgehead atoms. The minimum atomic E-state index is -1.18. The molecule has 0 aliphatic carbocycles. The van der Waals surface area contributed by atoms with E-state index >= 15 is 0 Å². The molecular formula is C17H24N6OS. The quantitative estimate of drug-likeness (QED) is 0.734. The third kappa shape index (κ3) is 3.89. The number of rotatable bonds is 7. The largest absolute Gasteiger partial charge is 0.368 e. The van der Waals surface area contributed by atoms with Crippen LogP contribution >= 0.6 is 0 Å². The Kier molecular flexibility index (Phi) is 5.47. The van der Waals surface area contributed by atoms with Gasteiger partial charge in [-0.15, -0.1) is 0 Å². The van der Waals surface area contributed by atoms with E-state index in [0.717, 1.165) is 41.5 Å². The van der Waals surface area contributed by atoms with Crippen LogP contribution in [-0.2, 0) is 17.3 Å². The lowest BCUT2D eigenvalue weighted by Gasteiger charge is -2.17. The standard InChI is InChI=1S/C17H24N6OS/c1-4-8-25(24)17-21-15(18-5-2)14-16(22-17)23(11-20-14)10-13-7-6-12(3)19-9-13/h6-7,9,20H,4-5,8,10-11H2,1-3H3,(H,18,21,22). The third-order valence-electron chi connectivity index (χ3n) is 3.90. The van der Waals surface area contributed by atoms with E-state index in [0.29, 0.717) is 24.1 Å². The maximum absolute atomic E-state index is 12.4. The molecule has 25 heavy (non-hydrogen) atoms. The summed E-state index contributed by atoms with van der Waals surface area (Å²) in [5.41, 5.74) is 2.98. The van der Waals surface area contributed by atoms with E-state index < -0.39 is 10.8 Å². The Morgan fingerprint density at radius 3 is 2.84 bits per heavy atom. The van der Waals surface area contributed by atoms with Crippen LogP contribution in [0.2, 0.25) is 0 Å². The molecule has 8 heteroatoms. The number of fused-ring (bicyclic) bond motifs is 1. The summed E-state index contributed by atoms with van der Waals surface area (Å²) in [5.74, 6) is 2.09. The molecule has 1 atom stereocenters. The van der Waals surface area contributed by atoms with Crippen molar-refractivity contribution in [1.82, 2.24) is 15.0 Å². The molecule has 1 unspecified atom stereocenters. The van der Waals surface area contributed by atoms with Crippen LogP contribution in [0.25, 0.3) is 0 Å². The molecule has 2 N–H and O–H groups in total. The molecule has 2 aromatic rings. The van der Waals surface area contributed by atoms with E-state index in [2.05, 4.69) is 36.6 Å². The SMILES string of the molecule is CCCS(=O)c1nc(NCC)c2c(n1)N(Cc1ccc(C)nc1)CN2. The van der Waals surface area contributed by atoms with Gasteiger partial charge in [0.15, 0.2) is 11.6 Å². The Balaban J connectivity index is 1.92. The van der Waals surface area contributed by atoms with Crippen molar-refractivity contribution in [2.45, 2.75) is 38.9 Å². The van der Waals surface area contributed by atoms with Gasteiger partial charge in [-0.2, -0.15) is 0 Å². The molecule has 1 aliphatic rings. The van der Waals surface area contributed by atoms with Gasteiger partial charge in [-0.25, -0.2) is 9.97 Å². The Morgan fingerprint density at radius 2 is 2.16 bits per heavy atom. The fourth-order valence-electron chi connectivity index (χ4n) is 2.69. The molecule has 0 amide bonds. The molecule has 1 aliphatic heterocycles. The number of anilines is 3. The van der Waals surface area contributed by atoms with Crippen molar-refractivity contribution in [2.24, 2.45) is 0 Å². The third-order valence-corrected chi connectivity index (χ3v) is 5.27. The number of nitrogens with zero attached hydrogens (tertiary/aromatic N) is 4. The van der Waals surface area contributed by atoms with Gasteiger partial charge in [0.05, 0.1) is 17.5 Å². The molecule has 0 spiro atoms. The van der Waals surface area contributed by atoms with E-state index in [1.165, 1.54) is 0 Å². The van der Waals surface area contributed by atoms with Crippen molar-refractivity contribution in [2.75, 3.05) is 34.5 Å². The van der Waals surface area contributed by atoms with Gasteiger partial charge in [0.2, 0.25) is 5.16 Å². The van der Waals surface area contributed by atoms with Gasteiger partial charge in [-0.05, 0) is 31.9 Å². The van der Waals surface area contributed by atoms with Crippen LogP contribution in [0.5, 0.6) is 0 Å². The summed E-state index contributed by atoms with van der Waals surface area (Å²) in [6.45, 7) is 8.07. The fourth-order valence-corrected chi connectivity index (χ4v) is 3.62. The van der Waals surface area contributed by atoms with E-state index in [1.54, 1.807) is 0 Å². The molecule has 2 aromatic heterocycles. The maximum atomic E-state index is 12.4. The highest BCUT2D eigenvalue weighted by Gasteiger charge is 2.26. The number of hydrogen-bond acceptors (Lipinski definition) is 7. The Morgan fingerprint density at radius 1 is 1.32 bits per heavy atom. The van der Waals surface area contributed by atoms with Crippen LogP contribution in [0.15, 0.2) is 23.5 Å². The highest BCUT2D eigenvalue weighted by Crippen LogP contribution is 2.36. The van der Waals surface area contributed by atoms with Crippen LogP contribution in [0, 0.1) is 6.92 Å². The molecule has 0 radical (unpaired) electrons. The van der Waals surface area contributed by atoms with E-state index in [-0.39, 0.29) is 0 Å².